The Bertz CT molecular complexity index is 310. The Balaban J connectivity index is 1.76. The second kappa shape index (κ2) is 5.41. The average Bonchev–Trinajstić information content (AvgIpc) is 2.76. The maximum absolute atomic E-state index is 4.03. The van der Waals surface area contributed by atoms with Crippen LogP contribution in [0.5, 0.6) is 0 Å². The van der Waals surface area contributed by atoms with E-state index in [1.807, 2.05) is 12.4 Å². The van der Waals surface area contributed by atoms with Gasteiger partial charge in [0, 0.05) is 31.0 Å². The lowest BCUT2D eigenvalue weighted by molar-refractivity contribution is 0.293. The Kier molecular flexibility index (Phi) is 3.91. The highest BCUT2D eigenvalue weighted by Gasteiger charge is 2.25. The van der Waals surface area contributed by atoms with E-state index >= 15 is 0 Å². The smallest absolute Gasteiger partial charge is 0.0271 e. The van der Waals surface area contributed by atoms with Crippen LogP contribution in [0, 0.1) is 0 Å². The van der Waals surface area contributed by atoms with Crippen LogP contribution in [0.3, 0.4) is 0 Å². The SMILES string of the molecule is CN(C)C1CCC(NCc2ccncc2)C1. The first-order chi connectivity index (χ1) is 7.75. The third kappa shape index (κ3) is 3.03. The number of hydrogen-bond donors (Lipinski definition) is 1. The molecule has 0 aromatic carbocycles. The summed E-state index contributed by atoms with van der Waals surface area (Å²) in [6.07, 6.45) is 7.61. The summed E-state index contributed by atoms with van der Waals surface area (Å²) in [5.74, 6) is 0. The van der Waals surface area contributed by atoms with Crippen molar-refractivity contribution in [1.29, 1.82) is 0 Å². The average molecular weight is 219 g/mol. The first-order valence-electron chi connectivity index (χ1n) is 6.04. The lowest BCUT2D eigenvalue weighted by Gasteiger charge is -2.19. The predicted molar refractivity (Wildman–Crippen MR) is 66.2 cm³/mol. The first-order valence-corrected chi connectivity index (χ1v) is 6.04. The molecule has 1 saturated carbocycles. The quantitative estimate of drug-likeness (QED) is 0.834. The third-order valence-electron chi connectivity index (χ3n) is 3.48. The molecule has 0 bridgehead atoms. The minimum atomic E-state index is 0.681. The van der Waals surface area contributed by atoms with Gasteiger partial charge >= 0.3 is 0 Å². The standard InChI is InChI=1S/C13H21N3/c1-16(2)13-4-3-12(9-13)15-10-11-5-7-14-8-6-11/h5-8,12-13,15H,3-4,9-10H2,1-2H3. The molecule has 1 heterocycles. The Labute approximate surface area is 97.9 Å². The van der Waals surface area contributed by atoms with Crippen molar-refractivity contribution in [3.05, 3.63) is 30.1 Å². The number of hydrogen-bond acceptors (Lipinski definition) is 3. The minimum Gasteiger partial charge on any atom is -0.310 e. The molecule has 0 saturated heterocycles. The topological polar surface area (TPSA) is 28.2 Å². The Morgan fingerprint density at radius 1 is 1.31 bits per heavy atom. The highest BCUT2D eigenvalue weighted by molar-refractivity contribution is 5.09. The van der Waals surface area contributed by atoms with E-state index in [1.54, 1.807) is 0 Å². The van der Waals surface area contributed by atoms with E-state index in [9.17, 15) is 0 Å². The Hall–Kier alpha value is -0.930. The van der Waals surface area contributed by atoms with E-state index in [-0.39, 0.29) is 0 Å². The molecule has 0 aliphatic heterocycles. The van der Waals surface area contributed by atoms with E-state index in [2.05, 4.69) is 41.4 Å². The molecule has 16 heavy (non-hydrogen) atoms. The minimum absolute atomic E-state index is 0.681. The normalized spacial score (nSPS) is 25.2. The van der Waals surface area contributed by atoms with Gasteiger partial charge in [0.25, 0.3) is 0 Å². The van der Waals surface area contributed by atoms with Crippen LogP contribution in [0.15, 0.2) is 24.5 Å². The molecular formula is C13H21N3. The molecule has 3 nitrogen and oxygen atoms in total. The number of aromatic nitrogens is 1. The zero-order chi connectivity index (χ0) is 11.4. The van der Waals surface area contributed by atoms with Gasteiger partial charge in [0.1, 0.15) is 0 Å². The fourth-order valence-electron chi connectivity index (χ4n) is 2.37. The molecule has 1 aromatic heterocycles. The molecular weight excluding hydrogens is 198 g/mol. The van der Waals surface area contributed by atoms with Gasteiger partial charge in [-0.2, -0.15) is 0 Å². The molecule has 0 amide bonds. The first kappa shape index (κ1) is 11.6. The maximum atomic E-state index is 4.03. The van der Waals surface area contributed by atoms with Crippen molar-refractivity contribution in [2.45, 2.75) is 37.9 Å². The third-order valence-corrected chi connectivity index (χ3v) is 3.48. The number of nitrogens with zero attached hydrogens (tertiary/aromatic N) is 2. The fraction of sp³-hybridized carbons (Fsp3) is 0.615. The Morgan fingerprint density at radius 2 is 2.06 bits per heavy atom. The van der Waals surface area contributed by atoms with Crippen molar-refractivity contribution >= 4 is 0 Å². The van der Waals surface area contributed by atoms with Crippen LogP contribution in [-0.2, 0) is 6.54 Å². The van der Waals surface area contributed by atoms with E-state index in [1.165, 1.54) is 24.8 Å². The van der Waals surface area contributed by atoms with Gasteiger partial charge in [0.05, 0.1) is 0 Å². The number of pyridine rings is 1. The molecule has 0 spiro atoms. The van der Waals surface area contributed by atoms with Crippen molar-refractivity contribution in [1.82, 2.24) is 15.2 Å². The molecule has 2 unspecified atom stereocenters. The molecule has 1 N–H and O–H groups in total. The molecule has 1 aliphatic rings. The summed E-state index contributed by atoms with van der Waals surface area (Å²) < 4.78 is 0. The van der Waals surface area contributed by atoms with E-state index in [4.69, 9.17) is 0 Å². The zero-order valence-corrected chi connectivity index (χ0v) is 10.2. The number of nitrogens with one attached hydrogen (secondary N) is 1. The van der Waals surface area contributed by atoms with E-state index in [0.717, 1.165) is 12.6 Å². The summed E-state index contributed by atoms with van der Waals surface area (Å²) >= 11 is 0. The molecule has 88 valence electrons. The van der Waals surface area contributed by atoms with Crippen LogP contribution in [0.2, 0.25) is 0 Å². The summed E-state index contributed by atoms with van der Waals surface area (Å²) in [4.78, 5) is 6.37. The lowest BCUT2D eigenvalue weighted by Crippen LogP contribution is -2.30. The monoisotopic (exact) mass is 219 g/mol. The van der Waals surface area contributed by atoms with Crippen molar-refractivity contribution in [2.75, 3.05) is 14.1 Å². The molecule has 1 aliphatic carbocycles. The molecule has 2 atom stereocenters. The van der Waals surface area contributed by atoms with Gasteiger partial charge < -0.3 is 10.2 Å². The van der Waals surface area contributed by atoms with Gasteiger partial charge in [-0.3, -0.25) is 4.98 Å². The molecule has 3 heteroatoms. The molecule has 2 rings (SSSR count). The van der Waals surface area contributed by atoms with Crippen LogP contribution in [-0.4, -0.2) is 36.1 Å². The van der Waals surface area contributed by atoms with Crippen LogP contribution < -0.4 is 5.32 Å². The van der Waals surface area contributed by atoms with Gasteiger partial charge in [-0.25, -0.2) is 0 Å². The Morgan fingerprint density at radius 3 is 2.69 bits per heavy atom. The van der Waals surface area contributed by atoms with Crippen LogP contribution >= 0.6 is 0 Å². The zero-order valence-electron chi connectivity index (χ0n) is 10.2. The fourth-order valence-corrected chi connectivity index (χ4v) is 2.37. The van der Waals surface area contributed by atoms with Crippen molar-refractivity contribution < 1.29 is 0 Å². The van der Waals surface area contributed by atoms with Crippen molar-refractivity contribution in [2.24, 2.45) is 0 Å². The summed E-state index contributed by atoms with van der Waals surface area (Å²) in [5, 5.41) is 3.63. The molecule has 1 fully saturated rings. The maximum Gasteiger partial charge on any atom is 0.0271 e. The van der Waals surface area contributed by atoms with Crippen LogP contribution in [0.4, 0.5) is 0 Å². The van der Waals surface area contributed by atoms with Crippen LogP contribution in [0.25, 0.3) is 0 Å². The second-order valence-electron chi connectivity index (χ2n) is 4.86. The molecule has 1 aromatic rings. The second-order valence-corrected chi connectivity index (χ2v) is 4.86. The summed E-state index contributed by atoms with van der Waals surface area (Å²) in [7, 11) is 4.35. The number of rotatable bonds is 4. The van der Waals surface area contributed by atoms with Gasteiger partial charge in [-0.1, -0.05) is 0 Å². The van der Waals surface area contributed by atoms with Gasteiger partial charge in [-0.15, -0.1) is 0 Å². The van der Waals surface area contributed by atoms with E-state index < -0.39 is 0 Å². The summed E-state index contributed by atoms with van der Waals surface area (Å²) in [6.45, 7) is 0.966. The van der Waals surface area contributed by atoms with Crippen LogP contribution in [0.1, 0.15) is 24.8 Å². The predicted octanol–water partition coefficient (Wildman–Crippen LogP) is 1.65. The van der Waals surface area contributed by atoms with Crippen molar-refractivity contribution in [3.63, 3.8) is 0 Å². The largest absolute Gasteiger partial charge is 0.310 e. The van der Waals surface area contributed by atoms with Crippen molar-refractivity contribution in [3.8, 4) is 0 Å². The lowest BCUT2D eigenvalue weighted by atomic mass is 10.2. The molecule has 0 radical (unpaired) electrons. The summed E-state index contributed by atoms with van der Waals surface area (Å²) in [5.41, 5.74) is 1.32. The van der Waals surface area contributed by atoms with Gasteiger partial charge in [0.2, 0.25) is 0 Å². The highest BCUT2D eigenvalue weighted by Crippen LogP contribution is 2.22. The van der Waals surface area contributed by atoms with E-state index in [0.29, 0.717) is 6.04 Å². The van der Waals surface area contributed by atoms with Gasteiger partial charge in [0.15, 0.2) is 0 Å². The highest BCUT2D eigenvalue weighted by atomic mass is 15.1. The summed E-state index contributed by atoms with van der Waals surface area (Å²) in [6, 6.07) is 5.59. The van der Waals surface area contributed by atoms with Gasteiger partial charge in [-0.05, 0) is 51.1 Å².